The number of hydrogen-bond acceptors (Lipinski definition) is 10. The molecule has 13 heteroatoms. The van der Waals surface area contributed by atoms with Crippen LogP contribution in [0, 0.1) is 17.3 Å². The highest BCUT2D eigenvalue weighted by Gasteiger charge is 2.43. The molecule has 1 aliphatic rings. The Hall–Kier alpha value is -2.96. The fraction of sp³-hybridized carbons (Fsp3) is 0.682. The Bertz CT molecular complexity index is 857. The second kappa shape index (κ2) is 13.8. The van der Waals surface area contributed by atoms with Gasteiger partial charge in [0.1, 0.15) is 12.4 Å². The predicted octanol–water partition coefficient (Wildman–Crippen LogP) is 0.706. The van der Waals surface area contributed by atoms with Crippen LogP contribution in [0.15, 0.2) is 0 Å². The fourth-order valence-electron chi connectivity index (χ4n) is 3.06. The maximum Gasteiger partial charge on any atom is 0.509 e. The van der Waals surface area contributed by atoms with E-state index in [0.29, 0.717) is 0 Å². The van der Waals surface area contributed by atoms with Gasteiger partial charge in [0.15, 0.2) is 17.0 Å². The van der Waals surface area contributed by atoms with Gasteiger partial charge < -0.3 is 25.2 Å². The highest BCUT2D eigenvalue weighted by molar-refractivity contribution is 8.13. The number of carbonyl (C=O) groups is 7. The summed E-state index contributed by atoms with van der Waals surface area (Å²) in [6.45, 7) is 6.35. The second-order valence-electron chi connectivity index (χ2n) is 8.79. The molecule has 2 unspecified atom stereocenters. The summed E-state index contributed by atoms with van der Waals surface area (Å²) in [6, 6.07) is 0. The Morgan fingerprint density at radius 2 is 1.69 bits per heavy atom. The van der Waals surface area contributed by atoms with Gasteiger partial charge in [0.25, 0.3) is 5.91 Å². The van der Waals surface area contributed by atoms with E-state index in [0.717, 1.165) is 11.8 Å². The summed E-state index contributed by atoms with van der Waals surface area (Å²) in [6.07, 6.45) is -2.65. The van der Waals surface area contributed by atoms with E-state index in [1.54, 1.807) is 13.8 Å². The number of amides is 2. The number of carboxylic acid groups (broad SMARTS) is 1. The first-order valence-electron chi connectivity index (χ1n) is 11.1. The van der Waals surface area contributed by atoms with E-state index in [4.69, 9.17) is 14.6 Å². The van der Waals surface area contributed by atoms with Crippen molar-refractivity contribution in [2.45, 2.75) is 53.1 Å². The maximum absolute atomic E-state index is 12.3. The van der Waals surface area contributed by atoms with Crippen LogP contribution in [0.5, 0.6) is 0 Å². The molecule has 1 heterocycles. The number of aliphatic carboxylic acids is 1. The molecule has 1 rings (SSSR count). The van der Waals surface area contributed by atoms with E-state index >= 15 is 0 Å². The van der Waals surface area contributed by atoms with Crippen molar-refractivity contribution >= 4 is 52.4 Å². The summed E-state index contributed by atoms with van der Waals surface area (Å²) < 4.78 is 9.70. The third kappa shape index (κ3) is 10.0. The SMILES string of the molecule is CC(C(=O)CCC(=O)O)C(=O)C(C)C(=O)SCCNC(=O)CCNC(=O)[C@@H]1OC(=O)OCC1(C)C. The number of Topliss-reactive ketones (excluding diaryl/α,β-unsaturated/α-hetero) is 2. The molecule has 0 radical (unpaired) electrons. The van der Waals surface area contributed by atoms with Crippen LogP contribution in [0.4, 0.5) is 4.79 Å². The van der Waals surface area contributed by atoms with Crippen molar-refractivity contribution in [2.24, 2.45) is 17.3 Å². The highest BCUT2D eigenvalue weighted by Crippen LogP contribution is 2.28. The van der Waals surface area contributed by atoms with E-state index in [1.807, 2.05) is 0 Å². The maximum atomic E-state index is 12.3. The summed E-state index contributed by atoms with van der Waals surface area (Å²) in [4.78, 5) is 82.5. The molecule has 35 heavy (non-hydrogen) atoms. The molecule has 196 valence electrons. The average Bonchev–Trinajstić information content (AvgIpc) is 2.79. The first kappa shape index (κ1) is 30.1. The zero-order valence-electron chi connectivity index (χ0n) is 20.2. The number of rotatable bonds is 14. The summed E-state index contributed by atoms with van der Waals surface area (Å²) in [5.74, 6) is -5.07. The second-order valence-corrected chi connectivity index (χ2v) is 9.89. The summed E-state index contributed by atoms with van der Waals surface area (Å²) in [5.41, 5.74) is -0.716. The minimum Gasteiger partial charge on any atom is -0.481 e. The number of thioether (sulfide) groups is 1. The number of hydrogen-bond donors (Lipinski definition) is 3. The Balaban J connectivity index is 2.29. The molecule has 2 amide bonds. The molecule has 0 aromatic rings. The first-order valence-corrected chi connectivity index (χ1v) is 12.1. The van der Waals surface area contributed by atoms with E-state index in [1.165, 1.54) is 13.8 Å². The van der Waals surface area contributed by atoms with Crippen LogP contribution in [0.2, 0.25) is 0 Å². The summed E-state index contributed by atoms with van der Waals surface area (Å²) >= 11 is 0.840. The van der Waals surface area contributed by atoms with Crippen LogP contribution in [-0.2, 0) is 38.2 Å². The molecule has 0 spiro atoms. The molecular weight excluding hydrogens is 484 g/mol. The largest absolute Gasteiger partial charge is 0.509 e. The number of nitrogens with one attached hydrogen (secondary N) is 2. The molecule has 0 saturated carbocycles. The van der Waals surface area contributed by atoms with Crippen molar-refractivity contribution in [3.05, 3.63) is 0 Å². The van der Waals surface area contributed by atoms with Gasteiger partial charge in [-0.15, -0.1) is 0 Å². The predicted molar refractivity (Wildman–Crippen MR) is 123 cm³/mol. The monoisotopic (exact) mass is 516 g/mol. The lowest BCUT2D eigenvalue weighted by Gasteiger charge is -2.35. The molecule has 1 fully saturated rings. The van der Waals surface area contributed by atoms with Gasteiger partial charge in [0, 0.05) is 37.1 Å². The van der Waals surface area contributed by atoms with Gasteiger partial charge in [-0.3, -0.25) is 28.8 Å². The Morgan fingerprint density at radius 3 is 2.31 bits per heavy atom. The van der Waals surface area contributed by atoms with E-state index < -0.39 is 58.1 Å². The van der Waals surface area contributed by atoms with E-state index in [9.17, 15) is 33.6 Å². The Kier molecular flexibility index (Phi) is 11.9. The number of cyclic esters (lactones) is 2. The van der Waals surface area contributed by atoms with Crippen LogP contribution < -0.4 is 10.6 Å². The lowest BCUT2D eigenvalue weighted by molar-refractivity contribution is -0.149. The standard InChI is InChI=1S/C22H32N2O10S/c1-12(14(25)5-6-16(27)28)17(29)13(2)20(31)35-10-9-23-15(26)7-8-24-19(30)18-22(3,4)11-33-21(32)34-18/h12-13,18H,5-11H2,1-4H3,(H,23,26)(H,24,30)(H,27,28)/t12?,13?,18-/m0/s1. The first-order chi connectivity index (χ1) is 16.3. The van der Waals surface area contributed by atoms with Gasteiger partial charge in [-0.25, -0.2) is 4.79 Å². The van der Waals surface area contributed by atoms with Gasteiger partial charge in [0.05, 0.1) is 18.3 Å². The van der Waals surface area contributed by atoms with Gasteiger partial charge in [-0.2, -0.15) is 0 Å². The Morgan fingerprint density at radius 1 is 1.03 bits per heavy atom. The highest BCUT2D eigenvalue weighted by atomic mass is 32.2. The number of carbonyl (C=O) groups excluding carboxylic acids is 6. The molecule has 0 bridgehead atoms. The quantitative estimate of drug-likeness (QED) is 0.168. The summed E-state index contributed by atoms with van der Waals surface area (Å²) in [5, 5.41) is 13.3. The summed E-state index contributed by atoms with van der Waals surface area (Å²) in [7, 11) is 0. The minimum atomic E-state index is -1.14. The van der Waals surface area contributed by atoms with Crippen molar-refractivity contribution in [1.29, 1.82) is 0 Å². The van der Waals surface area contributed by atoms with Crippen molar-refractivity contribution in [2.75, 3.05) is 25.4 Å². The molecule has 0 aliphatic carbocycles. The van der Waals surface area contributed by atoms with Crippen LogP contribution in [0.3, 0.4) is 0 Å². The van der Waals surface area contributed by atoms with Crippen molar-refractivity contribution in [3.8, 4) is 0 Å². The average molecular weight is 517 g/mol. The van der Waals surface area contributed by atoms with Crippen molar-refractivity contribution in [3.63, 3.8) is 0 Å². The topological polar surface area (TPSA) is 182 Å². The molecule has 12 nitrogen and oxygen atoms in total. The molecule has 3 N–H and O–H groups in total. The zero-order valence-corrected chi connectivity index (χ0v) is 21.0. The van der Waals surface area contributed by atoms with Gasteiger partial charge in [0.2, 0.25) is 5.91 Å². The molecule has 3 atom stereocenters. The third-order valence-corrected chi connectivity index (χ3v) is 6.37. The van der Waals surface area contributed by atoms with Crippen molar-refractivity contribution in [1.82, 2.24) is 10.6 Å². The van der Waals surface area contributed by atoms with Crippen LogP contribution in [0.1, 0.15) is 47.0 Å². The zero-order chi connectivity index (χ0) is 26.8. The van der Waals surface area contributed by atoms with Crippen molar-refractivity contribution < 1.29 is 48.1 Å². The van der Waals surface area contributed by atoms with Gasteiger partial charge >= 0.3 is 12.1 Å². The number of ketones is 2. The number of carboxylic acids is 1. The molecule has 1 aliphatic heterocycles. The normalized spacial score (nSPS) is 18.3. The lowest BCUT2D eigenvalue weighted by Crippen LogP contribution is -2.52. The van der Waals surface area contributed by atoms with Crippen LogP contribution >= 0.6 is 11.8 Å². The Labute approximate surface area is 207 Å². The fourth-order valence-corrected chi connectivity index (χ4v) is 3.83. The lowest BCUT2D eigenvalue weighted by atomic mass is 9.86. The van der Waals surface area contributed by atoms with Gasteiger partial charge in [-0.1, -0.05) is 25.6 Å². The van der Waals surface area contributed by atoms with Crippen LogP contribution in [0.25, 0.3) is 0 Å². The number of ether oxygens (including phenoxy) is 2. The van der Waals surface area contributed by atoms with E-state index in [2.05, 4.69) is 10.6 Å². The smallest absolute Gasteiger partial charge is 0.481 e. The van der Waals surface area contributed by atoms with Gasteiger partial charge in [-0.05, 0) is 13.8 Å². The third-order valence-electron chi connectivity index (χ3n) is 5.32. The van der Waals surface area contributed by atoms with Crippen LogP contribution in [-0.4, -0.2) is 77.3 Å². The molecule has 1 saturated heterocycles. The van der Waals surface area contributed by atoms with E-state index in [-0.39, 0.29) is 50.6 Å². The molecule has 0 aromatic heterocycles. The molecule has 0 aromatic carbocycles. The minimum absolute atomic E-state index is 0.0149. The molecular formula is C22H32N2O10S.